The SMILES string of the molecule is CCOC(=O)Nc1ccsc1C=C(C)C. The Labute approximate surface area is 93.8 Å². The molecule has 1 heterocycles. The van der Waals surface area contributed by atoms with Gasteiger partial charge in [-0.3, -0.25) is 5.32 Å². The van der Waals surface area contributed by atoms with Crippen molar-refractivity contribution in [3.8, 4) is 0 Å². The molecule has 1 rings (SSSR count). The van der Waals surface area contributed by atoms with Crippen LogP contribution in [0.15, 0.2) is 17.0 Å². The van der Waals surface area contributed by atoms with E-state index in [2.05, 4.69) is 5.32 Å². The van der Waals surface area contributed by atoms with Gasteiger partial charge in [0.2, 0.25) is 0 Å². The van der Waals surface area contributed by atoms with E-state index in [1.807, 2.05) is 31.4 Å². The molecule has 1 N–H and O–H groups in total. The first-order chi connectivity index (χ1) is 7.13. The highest BCUT2D eigenvalue weighted by atomic mass is 32.1. The summed E-state index contributed by atoms with van der Waals surface area (Å²) in [5.74, 6) is 0. The lowest BCUT2D eigenvalue weighted by molar-refractivity contribution is 0.168. The number of amides is 1. The van der Waals surface area contributed by atoms with Crippen molar-refractivity contribution in [3.63, 3.8) is 0 Å². The molecule has 1 amide bonds. The molecule has 0 unspecified atom stereocenters. The van der Waals surface area contributed by atoms with Crippen LogP contribution in [0.2, 0.25) is 0 Å². The molecule has 1 aromatic rings. The number of carbonyl (C=O) groups excluding carboxylic acids is 1. The van der Waals surface area contributed by atoms with Gasteiger partial charge in [0, 0.05) is 0 Å². The summed E-state index contributed by atoms with van der Waals surface area (Å²) in [6, 6.07) is 1.87. The number of nitrogens with one attached hydrogen (secondary N) is 1. The van der Waals surface area contributed by atoms with Crippen LogP contribution in [0.5, 0.6) is 0 Å². The van der Waals surface area contributed by atoms with Crippen LogP contribution in [0.1, 0.15) is 25.6 Å². The summed E-state index contributed by atoms with van der Waals surface area (Å²) in [5, 5.41) is 4.64. The lowest BCUT2D eigenvalue weighted by atomic mass is 10.3. The van der Waals surface area contributed by atoms with E-state index in [-0.39, 0.29) is 0 Å². The van der Waals surface area contributed by atoms with Crippen molar-refractivity contribution in [2.24, 2.45) is 0 Å². The minimum Gasteiger partial charge on any atom is -0.450 e. The van der Waals surface area contributed by atoms with Crippen LogP contribution in [0, 0.1) is 0 Å². The number of carbonyl (C=O) groups is 1. The number of thiophene rings is 1. The van der Waals surface area contributed by atoms with Gasteiger partial charge in [0.25, 0.3) is 0 Å². The first kappa shape index (κ1) is 11.8. The molecule has 0 atom stereocenters. The lowest BCUT2D eigenvalue weighted by Gasteiger charge is -2.04. The van der Waals surface area contributed by atoms with Crippen LogP contribution in [0.25, 0.3) is 6.08 Å². The quantitative estimate of drug-likeness (QED) is 0.851. The van der Waals surface area contributed by atoms with E-state index >= 15 is 0 Å². The normalized spacial score (nSPS) is 9.53. The molecule has 0 bridgehead atoms. The highest BCUT2D eigenvalue weighted by Crippen LogP contribution is 2.25. The van der Waals surface area contributed by atoms with Crippen molar-refractivity contribution in [1.29, 1.82) is 0 Å². The molecular weight excluding hydrogens is 210 g/mol. The predicted molar refractivity (Wildman–Crippen MR) is 64.3 cm³/mol. The summed E-state index contributed by atoms with van der Waals surface area (Å²) in [6.07, 6.45) is 1.63. The second-order valence-corrected chi connectivity index (χ2v) is 4.21. The van der Waals surface area contributed by atoms with E-state index in [9.17, 15) is 4.79 Å². The molecule has 0 aliphatic rings. The minimum absolute atomic E-state index is 0.383. The van der Waals surface area contributed by atoms with Gasteiger partial charge in [-0.15, -0.1) is 11.3 Å². The van der Waals surface area contributed by atoms with E-state index in [0.29, 0.717) is 6.61 Å². The van der Waals surface area contributed by atoms with E-state index < -0.39 is 6.09 Å². The van der Waals surface area contributed by atoms with Crippen LogP contribution >= 0.6 is 11.3 Å². The summed E-state index contributed by atoms with van der Waals surface area (Å²) in [4.78, 5) is 12.2. The summed E-state index contributed by atoms with van der Waals surface area (Å²) in [5.41, 5.74) is 2.00. The highest BCUT2D eigenvalue weighted by molar-refractivity contribution is 7.11. The molecule has 0 saturated heterocycles. The molecule has 0 aliphatic carbocycles. The molecule has 82 valence electrons. The summed E-state index contributed by atoms with van der Waals surface area (Å²) in [6.45, 7) is 6.21. The molecule has 0 aliphatic heterocycles. The fraction of sp³-hybridized carbons (Fsp3) is 0.364. The number of ether oxygens (including phenoxy) is 1. The molecule has 0 saturated carbocycles. The molecule has 0 fully saturated rings. The second kappa shape index (κ2) is 5.56. The third-order valence-corrected chi connectivity index (χ3v) is 2.49. The maximum Gasteiger partial charge on any atom is 0.411 e. The smallest absolute Gasteiger partial charge is 0.411 e. The molecule has 0 aromatic carbocycles. The zero-order valence-corrected chi connectivity index (χ0v) is 9.98. The van der Waals surface area contributed by atoms with Crippen LogP contribution in [0.4, 0.5) is 10.5 Å². The average Bonchev–Trinajstić information content (AvgIpc) is 2.52. The lowest BCUT2D eigenvalue weighted by Crippen LogP contribution is -2.13. The van der Waals surface area contributed by atoms with Crippen molar-refractivity contribution in [2.45, 2.75) is 20.8 Å². The van der Waals surface area contributed by atoms with Gasteiger partial charge >= 0.3 is 6.09 Å². The highest BCUT2D eigenvalue weighted by Gasteiger charge is 2.06. The van der Waals surface area contributed by atoms with Gasteiger partial charge in [-0.05, 0) is 38.3 Å². The van der Waals surface area contributed by atoms with Gasteiger partial charge in [0.15, 0.2) is 0 Å². The Morgan fingerprint density at radius 3 is 2.93 bits per heavy atom. The van der Waals surface area contributed by atoms with Crippen LogP contribution in [-0.4, -0.2) is 12.7 Å². The Balaban J connectivity index is 2.73. The van der Waals surface area contributed by atoms with Gasteiger partial charge in [-0.25, -0.2) is 4.79 Å². The van der Waals surface area contributed by atoms with E-state index in [1.165, 1.54) is 5.57 Å². The predicted octanol–water partition coefficient (Wildman–Crippen LogP) is 3.74. The van der Waals surface area contributed by atoms with Gasteiger partial charge < -0.3 is 4.74 Å². The maximum absolute atomic E-state index is 11.2. The summed E-state index contributed by atoms with van der Waals surface area (Å²) < 4.78 is 4.81. The Hall–Kier alpha value is -1.29. The first-order valence-electron chi connectivity index (χ1n) is 4.79. The summed E-state index contributed by atoms with van der Waals surface area (Å²) in [7, 11) is 0. The van der Waals surface area contributed by atoms with E-state index in [1.54, 1.807) is 18.3 Å². The Kier molecular flexibility index (Phi) is 4.37. The molecule has 4 heteroatoms. The molecule has 0 spiro atoms. The number of allylic oxidation sites excluding steroid dienone is 1. The topological polar surface area (TPSA) is 38.3 Å². The van der Waals surface area contributed by atoms with Crippen molar-refractivity contribution in [3.05, 3.63) is 21.9 Å². The third-order valence-electron chi connectivity index (χ3n) is 1.63. The monoisotopic (exact) mass is 225 g/mol. The number of anilines is 1. The summed E-state index contributed by atoms with van der Waals surface area (Å²) >= 11 is 1.59. The van der Waals surface area contributed by atoms with Gasteiger partial charge in [0.05, 0.1) is 17.2 Å². The van der Waals surface area contributed by atoms with Crippen molar-refractivity contribution in [1.82, 2.24) is 0 Å². The zero-order chi connectivity index (χ0) is 11.3. The number of rotatable bonds is 3. The zero-order valence-electron chi connectivity index (χ0n) is 9.16. The van der Waals surface area contributed by atoms with E-state index in [4.69, 9.17) is 4.74 Å². The minimum atomic E-state index is -0.403. The van der Waals surface area contributed by atoms with Gasteiger partial charge in [-0.1, -0.05) is 5.57 Å². The largest absolute Gasteiger partial charge is 0.450 e. The van der Waals surface area contributed by atoms with Crippen molar-refractivity contribution >= 4 is 29.2 Å². The molecule has 15 heavy (non-hydrogen) atoms. The number of hydrogen-bond acceptors (Lipinski definition) is 3. The molecular formula is C11H15NO2S. The first-order valence-corrected chi connectivity index (χ1v) is 5.67. The van der Waals surface area contributed by atoms with Crippen LogP contribution < -0.4 is 5.32 Å². The Morgan fingerprint density at radius 2 is 2.33 bits per heavy atom. The van der Waals surface area contributed by atoms with E-state index in [0.717, 1.165) is 10.6 Å². The molecule has 1 aromatic heterocycles. The van der Waals surface area contributed by atoms with Crippen molar-refractivity contribution < 1.29 is 9.53 Å². The molecule has 0 radical (unpaired) electrons. The van der Waals surface area contributed by atoms with Crippen LogP contribution in [-0.2, 0) is 4.74 Å². The molecule has 3 nitrogen and oxygen atoms in total. The number of hydrogen-bond donors (Lipinski definition) is 1. The Bertz CT molecular complexity index is 364. The van der Waals surface area contributed by atoms with Crippen LogP contribution in [0.3, 0.4) is 0 Å². The average molecular weight is 225 g/mol. The van der Waals surface area contributed by atoms with Gasteiger partial charge in [0.1, 0.15) is 0 Å². The second-order valence-electron chi connectivity index (χ2n) is 3.27. The van der Waals surface area contributed by atoms with Gasteiger partial charge in [-0.2, -0.15) is 0 Å². The Morgan fingerprint density at radius 1 is 1.60 bits per heavy atom. The fourth-order valence-corrected chi connectivity index (χ4v) is 1.98. The standard InChI is InChI=1S/C11H15NO2S/c1-4-14-11(13)12-9-5-6-15-10(9)7-8(2)3/h5-7H,4H2,1-3H3,(H,12,13). The maximum atomic E-state index is 11.2. The van der Waals surface area contributed by atoms with Crippen molar-refractivity contribution in [2.75, 3.05) is 11.9 Å². The fourth-order valence-electron chi connectivity index (χ4n) is 1.08. The third kappa shape index (κ3) is 3.75.